The fourth-order valence-electron chi connectivity index (χ4n) is 2.15. The van der Waals surface area contributed by atoms with E-state index in [1.165, 1.54) is 0 Å². The number of benzene rings is 1. The van der Waals surface area contributed by atoms with E-state index in [-0.39, 0.29) is 18.6 Å². The molecule has 0 aliphatic carbocycles. The normalized spacial score (nSPS) is 19.3. The first-order valence-corrected chi connectivity index (χ1v) is 6.85. The van der Waals surface area contributed by atoms with Gasteiger partial charge in [-0.3, -0.25) is 4.79 Å². The minimum atomic E-state index is 0.0293. The maximum Gasteiger partial charge on any atom is 0.260 e. The Morgan fingerprint density at radius 1 is 1.58 bits per heavy atom. The minimum Gasteiger partial charge on any atom is -0.484 e. The van der Waals surface area contributed by atoms with Crippen LogP contribution >= 0.6 is 11.6 Å². The molecular formula is C14H19ClN2O2. The van der Waals surface area contributed by atoms with Gasteiger partial charge in [0.2, 0.25) is 0 Å². The quantitative estimate of drug-likeness (QED) is 0.920. The molecule has 19 heavy (non-hydrogen) atoms. The van der Waals surface area contributed by atoms with Crippen LogP contribution in [0.1, 0.15) is 12.5 Å². The summed E-state index contributed by atoms with van der Waals surface area (Å²) in [6.07, 6.45) is 0. The molecule has 4 nitrogen and oxygen atoms in total. The van der Waals surface area contributed by atoms with Crippen LogP contribution in [0, 0.1) is 6.92 Å². The largest absolute Gasteiger partial charge is 0.484 e. The molecule has 1 aliphatic rings. The summed E-state index contributed by atoms with van der Waals surface area (Å²) in [5.41, 5.74) is 0.946. The minimum absolute atomic E-state index is 0.0293. The Morgan fingerprint density at radius 3 is 3.05 bits per heavy atom. The predicted molar refractivity (Wildman–Crippen MR) is 75.7 cm³/mol. The van der Waals surface area contributed by atoms with Gasteiger partial charge >= 0.3 is 0 Å². The highest BCUT2D eigenvalue weighted by molar-refractivity contribution is 6.31. The number of piperazine rings is 1. The van der Waals surface area contributed by atoms with Crippen LogP contribution in [0.3, 0.4) is 0 Å². The molecule has 2 rings (SSSR count). The van der Waals surface area contributed by atoms with Crippen molar-refractivity contribution in [2.45, 2.75) is 19.9 Å². The van der Waals surface area contributed by atoms with Gasteiger partial charge in [-0.15, -0.1) is 0 Å². The molecule has 5 heteroatoms. The number of aryl methyl sites for hydroxylation is 1. The Labute approximate surface area is 118 Å². The highest BCUT2D eigenvalue weighted by Crippen LogP contribution is 2.21. The zero-order valence-electron chi connectivity index (χ0n) is 11.3. The lowest BCUT2D eigenvalue weighted by Gasteiger charge is -2.33. The smallest absolute Gasteiger partial charge is 0.260 e. The van der Waals surface area contributed by atoms with Crippen molar-refractivity contribution in [2.24, 2.45) is 0 Å². The van der Waals surface area contributed by atoms with Crippen molar-refractivity contribution in [1.82, 2.24) is 10.2 Å². The Balaban J connectivity index is 1.90. The van der Waals surface area contributed by atoms with E-state index in [2.05, 4.69) is 5.32 Å². The van der Waals surface area contributed by atoms with Crippen LogP contribution in [0.4, 0.5) is 0 Å². The monoisotopic (exact) mass is 282 g/mol. The highest BCUT2D eigenvalue weighted by Gasteiger charge is 2.23. The zero-order valence-corrected chi connectivity index (χ0v) is 12.0. The van der Waals surface area contributed by atoms with Crippen LogP contribution in [0.2, 0.25) is 5.02 Å². The Morgan fingerprint density at radius 2 is 2.37 bits per heavy atom. The first-order chi connectivity index (χ1) is 9.08. The molecule has 1 atom stereocenters. The number of rotatable bonds is 3. The summed E-state index contributed by atoms with van der Waals surface area (Å²) in [6.45, 7) is 6.45. The van der Waals surface area contributed by atoms with Crippen molar-refractivity contribution < 1.29 is 9.53 Å². The van der Waals surface area contributed by atoms with Crippen molar-refractivity contribution in [3.05, 3.63) is 28.8 Å². The topological polar surface area (TPSA) is 41.6 Å². The van der Waals surface area contributed by atoms with Crippen LogP contribution in [-0.4, -0.2) is 43.1 Å². The SMILES string of the molecule is Cc1cc(OCC(=O)N2CCNC[C@@H]2C)ccc1Cl. The van der Waals surface area contributed by atoms with E-state index in [1.807, 2.05) is 24.8 Å². The van der Waals surface area contributed by atoms with E-state index in [0.29, 0.717) is 10.8 Å². The summed E-state index contributed by atoms with van der Waals surface area (Å²) in [4.78, 5) is 13.9. The van der Waals surface area contributed by atoms with Crippen LogP contribution in [0.5, 0.6) is 5.75 Å². The third kappa shape index (κ3) is 3.61. The molecule has 0 aromatic heterocycles. The molecule has 1 amide bonds. The maximum atomic E-state index is 12.1. The second kappa shape index (κ2) is 6.26. The van der Waals surface area contributed by atoms with Gasteiger partial charge in [0.05, 0.1) is 0 Å². The Bertz CT molecular complexity index is 465. The van der Waals surface area contributed by atoms with Gasteiger partial charge in [-0.1, -0.05) is 11.6 Å². The second-order valence-electron chi connectivity index (χ2n) is 4.84. The predicted octanol–water partition coefficient (Wildman–Crippen LogP) is 1.85. The summed E-state index contributed by atoms with van der Waals surface area (Å²) in [6, 6.07) is 5.63. The molecule has 0 spiro atoms. The van der Waals surface area contributed by atoms with Crippen molar-refractivity contribution in [2.75, 3.05) is 26.2 Å². The summed E-state index contributed by atoms with van der Waals surface area (Å²) in [5, 5.41) is 3.96. The number of nitrogens with zero attached hydrogens (tertiary/aromatic N) is 1. The number of nitrogens with one attached hydrogen (secondary N) is 1. The lowest BCUT2D eigenvalue weighted by atomic mass is 10.2. The number of hydrogen-bond donors (Lipinski definition) is 1. The standard InChI is InChI=1S/C14H19ClN2O2/c1-10-7-12(3-4-13(10)15)19-9-14(18)17-6-5-16-8-11(17)2/h3-4,7,11,16H,5-6,8-9H2,1-2H3/t11-/m0/s1. The molecule has 104 valence electrons. The van der Waals surface area contributed by atoms with Crippen LogP contribution < -0.4 is 10.1 Å². The molecular weight excluding hydrogens is 264 g/mol. The molecule has 0 saturated carbocycles. The third-order valence-corrected chi connectivity index (χ3v) is 3.74. The second-order valence-corrected chi connectivity index (χ2v) is 5.25. The molecule has 1 heterocycles. The van der Waals surface area contributed by atoms with E-state index >= 15 is 0 Å². The molecule has 1 fully saturated rings. The van der Waals surface area contributed by atoms with Crippen molar-refractivity contribution in [3.63, 3.8) is 0 Å². The van der Waals surface area contributed by atoms with Gasteiger partial charge in [-0.25, -0.2) is 0 Å². The van der Waals surface area contributed by atoms with Gasteiger partial charge in [0, 0.05) is 30.7 Å². The lowest BCUT2D eigenvalue weighted by molar-refractivity contribution is -0.136. The molecule has 1 aromatic rings. The fourth-order valence-corrected chi connectivity index (χ4v) is 2.26. The summed E-state index contributed by atoms with van der Waals surface area (Å²) in [7, 11) is 0. The molecule has 0 bridgehead atoms. The van der Waals surface area contributed by atoms with E-state index in [4.69, 9.17) is 16.3 Å². The van der Waals surface area contributed by atoms with Gasteiger partial charge < -0.3 is 15.0 Å². The lowest BCUT2D eigenvalue weighted by Crippen LogP contribution is -2.53. The summed E-state index contributed by atoms with van der Waals surface area (Å²) < 4.78 is 5.53. The Kier molecular flexibility index (Phi) is 4.66. The first-order valence-electron chi connectivity index (χ1n) is 6.47. The average molecular weight is 283 g/mol. The molecule has 1 saturated heterocycles. The molecule has 1 N–H and O–H groups in total. The first kappa shape index (κ1) is 14.2. The average Bonchev–Trinajstić information content (AvgIpc) is 2.40. The van der Waals surface area contributed by atoms with Gasteiger partial charge in [-0.2, -0.15) is 0 Å². The van der Waals surface area contributed by atoms with Crippen LogP contribution in [-0.2, 0) is 4.79 Å². The number of hydrogen-bond acceptors (Lipinski definition) is 3. The fraction of sp³-hybridized carbons (Fsp3) is 0.500. The molecule has 1 aromatic carbocycles. The van der Waals surface area contributed by atoms with Gasteiger partial charge in [-0.05, 0) is 37.6 Å². The number of amides is 1. The van der Waals surface area contributed by atoms with Gasteiger partial charge in [0.1, 0.15) is 5.75 Å². The molecule has 0 unspecified atom stereocenters. The number of halogens is 1. The van der Waals surface area contributed by atoms with Crippen LogP contribution in [0.25, 0.3) is 0 Å². The maximum absolute atomic E-state index is 12.1. The van der Waals surface area contributed by atoms with Crippen molar-refractivity contribution in [1.29, 1.82) is 0 Å². The zero-order chi connectivity index (χ0) is 13.8. The Hall–Kier alpha value is -1.26. The highest BCUT2D eigenvalue weighted by atomic mass is 35.5. The summed E-state index contributed by atoms with van der Waals surface area (Å²) in [5.74, 6) is 0.708. The molecule has 0 radical (unpaired) electrons. The summed E-state index contributed by atoms with van der Waals surface area (Å²) >= 11 is 5.95. The van der Waals surface area contributed by atoms with E-state index in [9.17, 15) is 4.79 Å². The van der Waals surface area contributed by atoms with Gasteiger partial charge in [0.25, 0.3) is 5.91 Å². The van der Waals surface area contributed by atoms with E-state index < -0.39 is 0 Å². The number of carbonyl (C=O) groups excluding carboxylic acids is 1. The number of carbonyl (C=O) groups is 1. The van der Waals surface area contributed by atoms with Gasteiger partial charge in [0.15, 0.2) is 6.61 Å². The van der Waals surface area contributed by atoms with E-state index in [1.54, 1.807) is 12.1 Å². The van der Waals surface area contributed by atoms with Crippen LogP contribution in [0.15, 0.2) is 18.2 Å². The van der Waals surface area contributed by atoms with E-state index in [0.717, 1.165) is 25.2 Å². The third-order valence-electron chi connectivity index (χ3n) is 3.31. The van der Waals surface area contributed by atoms with Crippen molar-refractivity contribution >= 4 is 17.5 Å². The number of ether oxygens (including phenoxy) is 1. The van der Waals surface area contributed by atoms with Crippen molar-refractivity contribution in [3.8, 4) is 5.75 Å². The molecule has 1 aliphatic heterocycles.